The Balaban J connectivity index is 1.47. The van der Waals surface area contributed by atoms with Crippen molar-refractivity contribution >= 4 is 17.7 Å². The lowest BCUT2D eigenvalue weighted by Crippen LogP contribution is -2.36. The fourth-order valence-electron chi connectivity index (χ4n) is 2.81. The average molecular weight is 399 g/mol. The van der Waals surface area contributed by atoms with Crippen LogP contribution in [0.1, 0.15) is 35.7 Å². The number of esters is 1. The third kappa shape index (κ3) is 5.88. The Bertz CT molecular complexity index is 892. The first kappa shape index (κ1) is 20.5. The molecule has 0 aromatic heterocycles. The third-order valence-electron chi connectivity index (χ3n) is 4.58. The van der Waals surface area contributed by atoms with Crippen LogP contribution in [-0.4, -0.2) is 41.8 Å². The van der Waals surface area contributed by atoms with E-state index < -0.39 is 12.6 Å². The molecule has 1 amide bonds. The quantitative estimate of drug-likeness (QED) is 0.478. The molecular weight excluding hydrogens is 377 g/mol. The minimum Gasteiger partial charge on any atom is -0.482 e. The number of Topliss-reactive ketones (excluding diaryl/α,β-unsaturated/α-hetero) is 1. The zero-order valence-electron chi connectivity index (χ0n) is 16.1. The average Bonchev–Trinajstić information content (AvgIpc) is 3.55. The van der Waals surface area contributed by atoms with Gasteiger partial charge in [-0.15, -0.1) is 0 Å². The molecule has 6 nitrogen and oxygen atoms in total. The van der Waals surface area contributed by atoms with Gasteiger partial charge in [0.2, 0.25) is 0 Å². The van der Waals surface area contributed by atoms with Crippen molar-refractivity contribution in [3.8, 4) is 5.75 Å². The van der Waals surface area contributed by atoms with Gasteiger partial charge in [-0.1, -0.05) is 18.2 Å². The zero-order chi connectivity index (χ0) is 20.8. The highest BCUT2D eigenvalue weighted by atomic mass is 19.1. The van der Waals surface area contributed by atoms with Crippen LogP contribution in [0.5, 0.6) is 5.75 Å². The van der Waals surface area contributed by atoms with Crippen molar-refractivity contribution in [3.63, 3.8) is 0 Å². The van der Waals surface area contributed by atoms with Gasteiger partial charge in [0.05, 0.1) is 0 Å². The molecule has 0 heterocycles. The van der Waals surface area contributed by atoms with Gasteiger partial charge in [-0.25, -0.2) is 9.18 Å². The molecule has 0 spiro atoms. The number of rotatable bonds is 9. The monoisotopic (exact) mass is 399 g/mol. The lowest BCUT2D eigenvalue weighted by atomic mass is 10.1. The molecule has 29 heavy (non-hydrogen) atoms. The van der Waals surface area contributed by atoms with Crippen LogP contribution >= 0.6 is 0 Å². The van der Waals surface area contributed by atoms with E-state index in [-0.39, 0.29) is 36.7 Å². The summed E-state index contributed by atoms with van der Waals surface area (Å²) in [5.41, 5.74) is 0.969. The van der Waals surface area contributed by atoms with Crippen LogP contribution in [0, 0.1) is 5.82 Å². The van der Waals surface area contributed by atoms with Crippen molar-refractivity contribution in [1.29, 1.82) is 0 Å². The Labute approximate surface area is 168 Å². The van der Waals surface area contributed by atoms with E-state index in [1.807, 2.05) is 0 Å². The van der Waals surface area contributed by atoms with Gasteiger partial charge in [0.15, 0.2) is 19.0 Å². The van der Waals surface area contributed by atoms with E-state index in [0.29, 0.717) is 16.9 Å². The second-order valence-electron chi connectivity index (χ2n) is 6.87. The van der Waals surface area contributed by atoms with Gasteiger partial charge >= 0.3 is 5.97 Å². The van der Waals surface area contributed by atoms with E-state index in [1.54, 1.807) is 47.4 Å². The largest absolute Gasteiger partial charge is 0.482 e. The molecule has 0 radical (unpaired) electrons. The van der Waals surface area contributed by atoms with Crippen molar-refractivity contribution in [2.75, 3.05) is 13.2 Å². The molecule has 2 aromatic carbocycles. The van der Waals surface area contributed by atoms with Gasteiger partial charge in [0.25, 0.3) is 5.91 Å². The van der Waals surface area contributed by atoms with Gasteiger partial charge < -0.3 is 14.4 Å². The Hall–Kier alpha value is -3.22. The number of ketones is 1. The van der Waals surface area contributed by atoms with Gasteiger partial charge in [0, 0.05) is 23.7 Å². The molecule has 1 saturated carbocycles. The van der Waals surface area contributed by atoms with Gasteiger partial charge in [-0.05, 0) is 50.1 Å². The van der Waals surface area contributed by atoms with Crippen molar-refractivity contribution < 1.29 is 28.2 Å². The molecule has 152 valence electrons. The van der Waals surface area contributed by atoms with Gasteiger partial charge in [-0.2, -0.15) is 0 Å². The number of halogens is 1. The van der Waals surface area contributed by atoms with Crippen LogP contribution in [0.15, 0.2) is 48.5 Å². The first-order valence-electron chi connectivity index (χ1n) is 9.36. The number of hydrogen-bond acceptors (Lipinski definition) is 5. The summed E-state index contributed by atoms with van der Waals surface area (Å²) in [6.45, 7) is 0.827. The highest BCUT2D eigenvalue weighted by Crippen LogP contribution is 2.29. The van der Waals surface area contributed by atoms with Crippen molar-refractivity contribution in [3.05, 3.63) is 65.5 Å². The predicted molar refractivity (Wildman–Crippen MR) is 103 cm³/mol. The third-order valence-corrected chi connectivity index (χ3v) is 4.58. The van der Waals surface area contributed by atoms with E-state index in [2.05, 4.69) is 0 Å². The van der Waals surface area contributed by atoms with E-state index >= 15 is 0 Å². The Kier molecular flexibility index (Phi) is 6.59. The molecule has 1 fully saturated rings. The fourth-order valence-corrected chi connectivity index (χ4v) is 2.81. The van der Waals surface area contributed by atoms with Gasteiger partial charge in [-0.3, -0.25) is 9.59 Å². The molecule has 2 aromatic rings. The molecule has 1 aliphatic carbocycles. The van der Waals surface area contributed by atoms with Crippen LogP contribution in [0.3, 0.4) is 0 Å². The standard InChI is InChI=1S/C22H22FNO5/c1-15(25)16-6-10-19(11-7-16)28-14-22(27)29-13-21(26)24(18-8-9-18)12-17-4-2-3-5-20(17)23/h2-7,10-11,18H,8-9,12-14H2,1H3. The Morgan fingerprint density at radius 2 is 1.72 bits per heavy atom. The van der Waals surface area contributed by atoms with Crippen LogP contribution in [0.25, 0.3) is 0 Å². The smallest absolute Gasteiger partial charge is 0.344 e. The number of amides is 1. The van der Waals surface area contributed by atoms with Gasteiger partial charge in [0.1, 0.15) is 11.6 Å². The summed E-state index contributed by atoms with van der Waals surface area (Å²) in [5.74, 6) is -1.07. The number of ether oxygens (including phenoxy) is 2. The van der Waals surface area contributed by atoms with E-state index in [4.69, 9.17) is 9.47 Å². The maximum Gasteiger partial charge on any atom is 0.344 e. The van der Waals surface area contributed by atoms with Crippen LogP contribution in [0.2, 0.25) is 0 Å². The zero-order valence-corrected chi connectivity index (χ0v) is 16.1. The molecule has 0 bridgehead atoms. The molecule has 0 atom stereocenters. The molecule has 0 aliphatic heterocycles. The summed E-state index contributed by atoms with van der Waals surface area (Å²) in [6, 6.07) is 12.7. The predicted octanol–water partition coefficient (Wildman–Crippen LogP) is 3.14. The normalized spacial score (nSPS) is 12.9. The Morgan fingerprint density at radius 1 is 1.03 bits per heavy atom. The number of hydrogen-bond donors (Lipinski definition) is 0. The minimum atomic E-state index is -0.685. The maximum absolute atomic E-state index is 13.9. The lowest BCUT2D eigenvalue weighted by Gasteiger charge is -2.22. The molecule has 1 aliphatic rings. The summed E-state index contributed by atoms with van der Waals surface area (Å²) in [5, 5.41) is 0. The SMILES string of the molecule is CC(=O)c1ccc(OCC(=O)OCC(=O)N(Cc2ccccc2F)C2CC2)cc1. The van der Waals surface area contributed by atoms with E-state index in [0.717, 1.165) is 12.8 Å². The summed E-state index contributed by atoms with van der Waals surface area (Å²) in [4.78, 5) is 37.1. The van der Waals surface area contributed by atoms with E-state index in [1.165, 1.54) is 13.0 Å². The number of carbonyl (C=O) groups excluding carboxylic acids is 3. The number of carbonyl (C=O) groups is 3. The number of nitrogens with zero attached hydrogens (tertiary/aromatic N) is 1. The summed E-state index contributed by atoms with van der Waals surface area (Å²) < 4.78 is 24.2. The summed E-state index contributed by atoms with van der Waals surface area (Å²) in [7, 11) is 0. The second-order valence-corrected chi connectivity index (χ2v) is 6.87. The molecule has 0 saturated heterocycles. The van der Waals surface area contributed by atoms with Crippen LogP contribution in [0.4, 0.5) is 4.39 Å². The van der Waals surface area contributed by atoms with E-state index in [9.17, 15) is 18.8 Å². The summed E-state index contributed by atoms with van der Waals surface area (Å²) in [6.07, 6.45) is 1.71. The minimum absolute atomic E-state index is 0.0526. The topological polar surface area (TPSA) is 72.9 Å². The van der Waals surface area contributed by atoms with Crippen LogP contribution in [-0.2, 0) is 20.9 Å². The molecular formula is C22H22FNO5. The molecule has 3 rings (SSSR count). The first-order valence-corrected chi connectivity index (χ1v) is 9.36. The number of benzene rings is 2. The highest BCUT2D eigenvalue weighted by molar-refractivity contribution is 5.94. The first-order chi connectivity index (χ1) is 13.9. The lowest BCUT2D eigenvalue weighted by molar-refractivity contribution is -0.154. The summed E-state index contributed by atoms with van der Waals surface area (Å²) >= 11 is 0. The molecule has 7 heteroatoms. The van der Waals surface area contributed by atoms with Crippen molar-refractivity contribution in [2.45, 2.75) is 32.4 Å². The van der Waals surface area contributed by atoms with Crippen LogP contribution < -0.4 is 4.74 Å². The second kappa shape index (κ2) is 9.32. The fraction of sp³-hybridized carbons (Fsp3) is 0.318. The maximum atomic E-state index is 13.9. The van der Waals surface area contributed by atoms with Crippen molar-refractivity contribution in [1.82, 2.24) is 4.90 Å². The highest BCUT2D eigenvalue weighted by Gasteiger charge is 2.33. The molecule has 0 unspecified atom stereocenters. The van der Waals surface area contributed by atoms with Crippen molar-refractivity contribution in [2.24, 2.45) is 0 Å². The molecule has 0 N–H and O–H groups in total. The Morgan fingerprint density at radius 3 is 2.34 bits per heavy atom.